The van der Waals surface area contributed by atoms with E-state index in [4.69, 9.17) is 11.6 Å². The average molecular weight is 349 g/mol. The SMILES string of the molecule is Cc1ccc(C(C#N)C(=O)c2cc(Cl)cc(Br)c2)cc1. The monoisotopic (exact) mass is 347 g/mol. The predicted molar refractivity (Wildman–Crippen MR) is 83.0 cm³/mol. The van der Waals surface area contributed by atoms with Crippen molar-refractivity contribution >= 4 is 33.3 Å². The minimum atomic E-state index is -0.819. The summed E-state index contributed by atoms with van der Waals surface area (Å²) in [6.07, 6.45) is 0. The summed E-state index contributed by atoms with van der Waals surface area (Å²) in [5.41, 5.74) is 2.21. The second-order valence-electron chi connectivity index (χ2n) is 4.50. The quantitative estimate of drug-likeness (QED) is 0.740. The van der Waals surface area contributed by atoms with E-state index in [9.17, 15) is 10.1 Å². The number of ketones is 1. The topological polar surface area (TPSA) is 40.9 Å². The van der Waals surface area contributed by atoms with E-state index in [-0.39, 0.29) is 5.78 Å². The van der Waals surface area contributed by atoms with Crippen LogP contribution in [-0.4, -0.2) is 5.78 Å². The van der Waals surface area contributed by atoms with Gasteiger partial charge in [0.25, 0.3) is 0 Å². The maximum absolute atomic E-state index is 12.5. The third-order valence-electron chi connectivity index (χ3n) is 2.95. The van der Waals surface area contributed by atoms with Gasteiger partial charge in [0.1, 0.15) is 5.92 Å². The Morgan fingerprint density at radius 3 is 2.45 bits per heavy atom. The second kappa shape index (κ2) is 6.21. The van der Waals surface area contributed by atoms with Crippen LogP contribution in [0.5, 0.6) is 0 Å². The van der Waals surface area contributed by atoms with E-state index in [1.54, 1.807) is 30.3 Å². The van der Waals surface area contributed by atoms with Crippen LogP contribution in [0.4, 0.5) is 0 Å². The molecule has 1 atom stereocenters. The van der Waals surface area contributed by atoms with E-state index >= 15 is 0 Å². The Kier molecular flexibility index (Phi) is 4.59. The molecule has 0 saturated heterocycles. The molecule has 0 heterocycles. The number of carbonyl (C=O) groups excluding carboxylic acids is 1. The molecule has 0 saturated carbocycles. The molecule has 20 heavy (non-hydrogen) atoms. The molecule has 0 fully saturated rings. The van der Waals surface area contributed by atoms with E-state index in [0.29, 0.717) is 20.6 Å². The Balaban J connectivity index is 2.39. The minimum absolute atomic E-state index is 0.250. The molecule has 0 amide bonds. The first kappa shape index (κ1) is 14.8. The summed E-state index contributed by atoms with van der Waals surface area (Å²) in [5.74, 6) is -1.07. The van der Waals surface area contributed by atoms with E-state index in [0.717, 1.165) is 5.56 Å². The second-order valence-corrected chi connectivity index (χ2v) is 5.85. The van der Waals surface area contributed by atoms with Crippen molar-refractivity contribution in [2.45, 2.75) is 12.8 Å². The van der Waals surface area contributed by atoms with Crippen LogP contribution >= 0.6 is 27.5 Å². The highest BCUT2D eigenvalue weighted by molar-refractivity contribution is 9.10. The van der Waals surface area contributed by atoms with E-state index < -0.39 is 5.92 Å². The number of rotatable bonds is 3. The zero-order chi connectivity index (χ0) is 14.7. The molecule has 0 bridgehead atoms. The van der Waals surface area contributed by atoms with Crippen molar-refractivity contribution < 1.29 is 4.79 Å². The lowest BCUT2D eigenvalue weighted by Crippen LogP contribution is -2.11. The smallest absolute Gasteiger partial charge is 0.184 e. The van der Waals surface area contributed by atoms with Crippen molar-refractivity contribution in [1.82, 2.24) is 0 Å². The average Bonchev–Trinajstić information content (AvgIpc) is 2.40. The number of aryl methyl sites for hydroxylation is 1. The number of benzene rings is 2. The van der Waals surface area contributed by atoms with Gasteiger partial charge in [-0.2, -0.15) is 5.26 Å². The molecule has 0 aliphatic heterocycles. The third-order valence-corrected chi connectivity index (χ3v) is 3.63. The molecule has 2 aromatic carbocycles. The number of Topliss-reactive ketones (excluding diaryl/α,β-unsaturated/α-hetero) is 1. The zero-order valence-electron chi connectivity index (χ0n) is 10.7. The fourth-order valence-corrected chi connectivity index (χ4v) is 2.77. The van der Waals surface area contributed by atoms with Crippen molar-refractivity contribution in [2.24, 2.45) is 0 Å². The molecule has 2 nitrogen and oxygen atoms in total. The summed E-state index contributed by atoms with van der Waals surface area (Å²) in [6.45, 7) is 1.96. The van der Waals surface area contributed by atoms with Crippen LogP contribution in [0.1, 0.15) is 27.4 Å². The van der Waals surface area contributed by atoms with Crippen molar-refractivity contribution in [3.05, 3.63) is 68.7 Å². The van der Waals surface area contributed by atoms with Crippen LogP contribution in [0.2, 0.25) is 5.02 Å². The highest BCUT2D eigenvalue weighted by Gasteiger charge is 2.22. The van der Waals surface area contributed by atoms with Gasteiger partial charge in [0, 0.05) is 15.1 Å². The minimum Gasteiger partial charge on any atom is -0.292 e. The van der Waals surface area contributed by atoms with Crippen molar-refractivity contribution in [3.63, 3.8) is 0 Å². The van der Waals surface area contributed by atoms with Gasteiger partial charge in [-0.15, -0.1) is 0 Å². The summed E-state index contributed by atoms with van der Waals surface area (Å²) in [7, 11) is 0. The maximum Gasteiger partial charge on any atom is 0.184 e. The van der Waals surface area contributed by atoms with Gasteiger partial charge in [0.05, 0.1) is 6.07 Å². The highest BCUT2D eigenvalue weighted by Crippen LogP contribution is 2.25. The molecular formula is C16H11BrClNO. The summed E-state index contributed by atoms with van der Waals surface area (Å²) >= 11 is 9.24. The number of hydrogen-bond acceptors (Lipinski definition) is 2. The molecule has 0 radical (unpaired) electrons. The molecule has 0 aliphatic rings. The fourth-order valence-electron chi connectivity index (χ4n) is 1.91. The predicted octanol–water partition coefficient (Wildman–Crippen LogP) is 4.90. The largest absolute Gasteiger partial charge is 0.292 e. The first-order valence-corrected chi connectivity index (χ1v) is 7.15. The van der Waals surface area contributed by atoms with Gasteiger partial charge >= 0.3 is 0 Å². The van der Waals surface area contributed by atoms with Crippen LogP contribution in [0, 0.1) is 18.3 Å². The van der Waals surface area contributed by atoms with Crippen molar-refractivity contribution in [1.29, 1.82) is 5.26 Å². The Hall–Kier alpha value is -1.63. The lowest BCUT2D eigenvalue weighted by molar-refractivity contribution is 0.0979. The normalized spacial score (nSPS) is 11.7. The van der Waals surface area contributed by atoms with Crippen LogP contribution in [0.25, 0.3) is 0 Å². The Labute approximate surface area is 131 Å². The Morgan fingerprint density at radius 1 is 1.25 bits per heavy atom. The fraction of sp³-hybridized carbons (Fsp3) is 0.125. The standard InChI is InChI=1S/C16H11BrClNO/c1-10-2-4-11(5-3-10)15(9-19)16(20)12-6-13(17)8-14(18)7-12/h2-8,15H,1H3. The summed E-state index contributed by atoms with van der Waals surface area (Å²) in [4.78, 5) is 12.5. The first-order valence-electron chi connectivity index (χ1n) is 5.98. The van der Waals surface area contributed by atoms with Gasteiger partial charge in [0.2, 0.25) is 0 Å². The third kappa shape index (κ3) is 3.27. The number of nitrogens with zero attached hydrogens (tertiary/aromatic N) is 1. The Bertz CT molecular complexity index is 668. The summed E-state index contributed by atoms with van der Waals surface area (Å²) in [5, 5.41) is 9.76. The molecule has 100 valence electrons. The lowest BCUT2D eigenvalue weighted by Gasteiger charge is -2.10. The molecular weight excluding hydrogens is 338 g/mol. The van der Waals surface area contributed by atoms with E-state index in [1.807, 2.05) is 19.1 Å². The van der Waals surface area contributed by atoms with Gasteiger partial charge < -0.3 is 0 Å². The summed E-state index contributed by atoms with van der Waals surface area (Å²) in [6, 6.07) is 14.4. The number of hydrogen-bond donors (Lipinski definition) is 0. The zero-order valence-corrected chi connectivity index (χ0v) is 13.1. The molecule has 4 heteroatoms. The van der Waals surface area contributed by atoms with Crippen LogP contribution in [-0.2, 0) is 0 Å². The highest BCUT2D eigenvalue weighted by atomic mass is 79.9. The molecule has 0 aromatic heterocycles. The molecule has 2 rings (SSSR count). The van der Waals surface area contributed by atoms with Gasteiger partial charge in [-0.05, 0) is 30.7 Å². The molecule has 0 spiro atoms. The first-order chi connectivity index (χ1) is 9.51. The van der Waals surface area contributed by atoms with Crippen molar-refractivity contribution in [2.75, 3.05) is 0 Å². The van der Waals surface area contributed by atoms with E-state index in [1.165, 1.54) is 0 Å². The number of halogens is 2. The van der Waals surface area contributed by atoms with Gasteiger partial charge in [0.15, 0.2) is 5.78 Å². The molecule has 2 aromatic rings. The molecule has 0 aliphatic carbocycles. The van der Waals surface area contributed by atoms with Crippen molar-refractivity contribution in [3.8, 4) is 6.07 Å². The Morgan fingerprint density at radius 2 is 1.90 bits per heavy atom. The maximum atomic E-state index is 12.5. The number of carbonyl (C=O) groups is 1. The molecule has 0 N–H and O–H groups in total. The van der Waals surface area contributed by atoms with Gasteiger partial charge in [-0.1, -0.05) is 57.4 Å². The van der Waals surface area contributed by atoms with Crippen LogP contribution in [0.3, 0.4) is 0 Å². The van der Waals surface area contributed by atoms with Crippen LogP contribution < -0.4 is 0 Å². The van der Waals surface area contributed by atoms with Crippen LogP contribution in [0.15, 0.2) is 46.9 Å². The number of nitriles is 1. The lowest BCUT2D eigenvalue weighted by atomic mass is 9.91. The van der Waals surface area contributed by atoms with Gasteiger partial charge in [-0.3, -0.25) is 4.79 Å². The summed E-state index contributed by atoms with van der Waals surface area (Å²) < 4.78 is 0.717. The van der Waals surface area contributed by atoms with E-state index in [2.05, 4.69) is 22.0 Å². The molecule has 1 unspecified atom stereocenters. The van der Waals surface area contributed by atoms with Gasteiger partial charge in [-0.25, -0.2) is 0 Å².